The van der Waals surface area contributed by atoms with Crippen molar-refractivity contribution in [3.05, 3.63) is 57.9 Å². The van der Waals surface area contributed by atoms with Crippen molar-refractivity contribution in [1.29, 1.82) is 0 Å². The van der Waals surface area contributed by atoms with Crippen LogP contribution in [0.15, 0.2) is 40.9 Å². The quantitative estimate of drug-likeness (QED) is 0.556. The second-order valence-corrected chi connectivity index (χ2v) is 6.95. The lowest BCUT2D eigenvalue weighted by Gasteiger charge is -2.06. The number of halogens is 2. The Morgan fingerprint density at radius 3 is 2.50 bits per heavy atom. The third-order valence-corrected chi connectivity index (χ3v) is 4.87. The van der Waals surface area contributed by atoms with Crippen molar-refractivity contribution in [1.82, 2.24) is 20.8 Å². The molecule has 0 bridgehead atoms. The first-order valence-corrected chi connectivity index (χ1v) is 9.52. The summed E-state index contributed by atoms with van der Waals surface area (Å²) in [7, 11) is 0. The molecule has 0 fully saturated rings. The van der Waals surface area contributed by atoms with Crippen LogP contribution in [-0.4, -0.2) is 41.8 Å². The SMILES string of the molecule is O=C(NCCNC(=O)c1nc(-c2ccc3c(c2)OCO3)no1)c1ccc(Cl)c(Cl)c1. The maximum atomic E-state index is 12.2. The number of nitrogens with zero attached hydrogens (tertiary/aromatic N) is 2. The van der Waals surface area contributed by atoms with Crippen LogP contribution in [0.25, 0.3) is 11.4 Å². The summed E-state index contributed by atoms with van der Waals surface area (Å²) in [6.45, 7) is 0.502. The number of amides is 2. The Bertz CT molecular complexity index is 1120. The van der Waals surface area contributed by atoms with Crippen molar-refractivity contribution in [2.24, 2.45) is 0 Å². The summed E-state index contributed by atoms with van der Waals surface area (Å²) in [5.41, 5.74) is 0.983. The minimum absolute atomic E-state index is 0.153. The molecule has 3 aromatic rings. The number of nitrogens with one attached hydrogen (secondary N) is 2. The molecule has 1 aromatic heterocycles. The lowest BCUT2D eigenvalue weighted by molar-refractivity contribution is 0.0898. The summed E-state index contributed by atoms with van der Waals surface area (Å²) in [4.78, 5) is 28.3. The number of aromatic nitrogens is 2. The Kier molecular flexibility index (Phi) is 5.73. The fourth-order valence-corrected chi connectivity index (χ4v) is 2.93. The van der Waals surface area contributed by atoms with Crippen molar-refractivity contribution in [2.45, 2.75) is 0 Å². The van der Waals surface area contributed by atoms with Crippen LogP contribution in [0.4, 0.5) is 0 Å². The number of rotatable bonds is 6. The van der Waals surface area contributed by atoms with E-state index >= 15 is 0 Å². The third-order valence-electron chi connectivity index (χ3n) is 4.13. The second-order valence-electron chi connectivity index (χ2n) is 6.13. The van der Waals surface area contributed by atoms with Crippen LogP contribution in [0.3, 0.4) is 0 Å². The van der Waals surface area contributed by atoms with Crippen molar-refractivity contribution in [3.63, 3.8) is 0 Å². The number of carbonyl (C=O) groups excluding carboxylic acids is 2. The molecule has 0 spiro atoms. The van der Waals surface area contributed by atoms with Gasteiger partial charge in [0, 0.05) is 24.2 Å². The second kappa shape index (κ2) is 8.60. The number of hydrogen-bond donors (Lipinski definition) is 2. The average molecular weight is 449 g/mol. The number of hydrogen-bond acceptors (Lipinski definition) is 7. The Morgan fingerprint density at radius 1 is 0.933 bits per heavy atom. The van der Waals surface area contributed by atoms with E-state index in [1.54, 1.807) is 24.3 Å². The Hall–Kier alpha value is -3.30. The van der Waals surface area contributed by atoms with Crippen LogP contribution < -0.4 is 20.1 Å². The van der Waals surface area contributed by atoms with Crippen molar-refractivity contribution in [3.8, 4) is 22.9 Å². The average Bonchev–Trinajstić information content (AvgIpc) is 3.41. The molecule has 2 N–H and O–H groups in total. The molecule has 2 heterocycles. The van der Waals surface area contributed by atoms with E-state index in [4.69, 9.17) is 37.2 Å². The molecule has 2 amide bonds. The van der Waals surface area contributed by atoms with E-state index in [2.05, 4.69) is 20.8 Å². The first-order valence-electron chi connectivity index (χ1n) is 8.76. The van der Waals surface area contributed by atoms with Gasteiger partial charge in [0.05, 0.1) is 10.0 Å². The van der Waals surface area contributed by atoms with Crippen LogP contribution in [-0.2, 0) is 0 Å². The molecule has 11 heteroatoms. The monoisotopic (exact) mass is 448 g/mol. The third kappa shape index (κ3) is 4.32. The normalized spacial score (nSPS) is 11.9. The van der Waals surface area contributed by atoms with E-state index in [-0.39, 0.29) is 42.5 Å². The highest BCUT2D eigenvalue weighted by Gasteiger charge is 2.19. The first kappa shape index (κ1) is 20.0. The molecule has 0 radical (unpaired) electrons. The summed E-state index contributed by atoms with van der Waals surface area (Å²) in [5.74, 6) is 0.345. The standard InChI is InChI=1S/C19H14Cl2N4O5/c20-12-3-1-11(7-13(12)21)17(26)22-5-6-23-18(27)19-24-16(25-30-19)10-2-4-14-15(8-10)29-9-28-14/h1-4,7-8H,5-6,9H2,(H,22,26)(H,23,27). The van der Waals surface area contributed by atoms with Gasteiger partial charge in [0.15, 0.2) is 11.5 Å². The number of carbonyl (C=O) groups is 2. The lowest BCUT2D eigenvalue weighted by atomic mass is 10.2. The highest BCUT2D eigenvalue weighted by atomic mass is 35.5. The van der Waals surface area contributed by atoms with E-state index in [9.17, 15) is 9.59 Å². The smallest absolute Gasteiger partial charge is 0.316 e. The first-order chi connectivity index (χ1) is 14.5. The fourth-order valence-electron chi connectivity index (χ4n) is 2.64. The molecule has 0 aliphatic carbocycles. The molecule has 1 aliphatic heterocycles. The van der Waals surface area contributed by atoms with Crippen molar-refractivity contribution < 1.29 is 23.6 Å². The summed E-state index contributed by atoms with van der Waals surface area (Å²) >= 11 is 11.7. The summed E-state index contributed by atoms with van der Waals surface area (Å²) in [6.07, 6.45) is 0. The van der Waals surface area contributed by atoms with Gasteiger partial charge in [0.2, 0.25) is 12.6 Å². The van der Waals surface area contributed by atoms with Crippen molar-refractivity contribution >= 4 is 35.0 Å². The van der Waals surface area contributed by atoms with Crippen LogP contribution in [0.2, 0.25) is 10.0 Å². The zero-order valence-electron chi connectivity index (χ0n) is 15.3. The van der Waals surface area contributed by atoms with Gasteiger partial charge in [-0.3, -0.25) is 9.59 Å². The molecule has 0 atom stereocenters. The summed E-state index contributed by atoms with van der Waals surface area (Å²) < 4.78 is 15.6. The van der Waals surface area contributed by atoms with E-state index in [0.29, 0.717) is 27.6 Å². The molecule has 0 unspecified atom stereocenters. The van der Waals surface area contributed by atoms with E-state index in [1.807, 2.05) is 0 Å². The molecule has 0 saturated carbocycles. The van der Waals surface area contributed by atoms with Crippen LogP contribution in [0, 0.1) is 0 Å². The summed E-state index contributed by atoms with van der Waals surface area (Å²) in [5, 5.41) is 9.70. The molecule has 154 valence electrons. The lowest BCUT2D eigenvalue weighted by Crippen LogP contribution is -2.34. The molecular formula is C19H14Cl2N4O5. The zero-order chi connectivity index (χ0) is 21.1. The van der Waals surface area contributed by atoms with Gasteiger partial charge in [-0.25, -0.2) is 0 Å². The van der Waals surface area contributed by atoms with Gasteiger partial charge in [-0.05, 0) is 36.4 Å². The topological polar surface area (TPSA) is 116 Å². The molecule has 30 heavy (non-hydrogen) atoms. The maximum Gasteiger partial charge on any atom is 0.316 e. The van der Waals surface area contributed by atoms with Gasteiger partial charge in [0.1, 0.15) is 0 Å². The Morgan fingerprint density at radius 2 is 1.70 bits per heavy atom. The van der Waals surface area contributed by atoms with Gasteiger partial charge in [-0.1, -0.05) is 28.4 Å². The van der Waals surface area contributed by atoms with Crippen LogP contribution in [0.1, 0.15) is 21.0 Å². The molecule has 9 nitrogen and oxygen atoms in total. The molecule has 2 aromatic carbocycles. The molecular weight excluding hydrogens is 435 g/mol. The van der Waals surface area contributed by atoms with Crippen molar-refractivity contribution in [2.75, 3.05) is 19.9 Å². The minimum Gasteiger partial charge on any atom is -0.454 e. The Labute approximate surface area is 180 Å². The number of ether oxygens (including phenoxy) is 2. The molecule has 1 aliphatic rings. The van der Waals surface area contributed by atoms with Gasteiger partial charge < -0.3 is 24.6 Å². The minimum atomic E-state index is -0.557. The van der Waals surface area contributed by atoms with E-state index in [1.165, 1.54) is 12.1 Å². The number of benzene rings is 2. The maximum absolute atomic E-state index is 12.2. The predicted molar refractivity (Wildman–Crippen MR) is 107 cm³/mol. The van der Waals surface area contributed by atoms with Gasteiger partial charge >= 0.3 is 11.8 Å². The highest BCUT2D eigenvalue weighted by Crippen LogP contribution is 2.35. The van der Waals surface area contributed by atoms with E-state index in [0.717, 1.165) is 0 Å². The van der Waals surface area contributed by atoms with Gasteiger partial charge in [-0.15, -0.1) is 0 Å². The Balaban J connectivity index is 1.28. The van der Waals surface area contributed by atoms with Crippen LogP contribution in [0.5, 0.6) is 11.5 Å². The fraction of sp³-hybridized carbons (Fsp3) is 0.158. The largest absolute Gasteiger partial charge is 0.454 e. The van der Waals surface area contributed by atoms with E-state index < -0.39 is 5.91 Å². The zero-order valence-corrected chi connectivity index (χ0v) is 16.8. The van der Waals surface area contributed by atoms with Gasteiger partial charge in [0.25, 0.3) is 5.91 Å². The highest BCUT2D eigenvalue weighted by molar-refractivity contribution is 6.42. The van der Waals surface area contributed by atoms with Crippen LogP contribution >= 0.6 is 23.2 Å². The van der Waals surface area contributed by atoms with Gasteiger partial charge in [-0.2, -0.15) is 4.98 Å². The summed E-state index contributed by atoms with van der Waals surface area (Å²) in [6, 6.07) is 9.72. The molecule has 4 rings (SSSR count). The molecule has 0 saturated heterocycles. The predicted octanol–water partition coefficient (Wildman–Crippen LogP) is 2.93. The number of fused-ring (bicyclic) bond motifs is 1.